The molecule has 1 amide bonds. The van der Waals surface area contributed by atoms with Crippen molar-refractivity contribution in [1.29, 1.82) is 0 Å². The fraction of sp³-hybridized carbons (Fsp3) is 0.929. The maximum atomic E-state index is 11.4. The molecule has 0 aromatic rings. The third kappa shape index (κ3) is 9.28. The molecule has 0 saturated carbocycles. The lowest BCUT2D eigenvalue weighted by atomic mass is 10.0. The summed E-state index contributed by atoms with van der Waals surface area (Å²) in [5.74, 6) is 0.684. The molecule has 0 aromatic heterocycles. The smallest absolute Gasteiger partial charge is 0.407 e. The van der Waals surface area contributed by atoms with Gasteiger partial charge in [0.2, 0.25) is 0 Å². The lowest BCUT2D eigenvalue weighted by Gasteiger charge is -2.21. The van der Waals surface area contributed by atoms with E-state index >= 15 is 0 Å². The number of carbonyl (C=O) groups is 1. The second-order valence-corrected chi connectivity index (χ2v) is 5.91. The van der Waals surface area contributed by atoms with Crippen molar-refractivity contribution in [3.8, 4) is 0 Å². The fourth-order valence-corrected chi connectivity index (χ4v) is 1.48. The van der Waals surface area contributed by atoms with Gasteiger partial charge in [0.25, 0.3) is 0 Å². The monoisotopic (exact) mass is 258 g/mol. The first-order chi connectivity index (χ1) is 8.26. The van der Waals surface area contributed by atoms with Gasteiger partial charge in [-0.05, 0) is 46.6 Å². The third-order valence-corrected chi connectivity index (χ3v) is 2.99. The number of hydrogen-bond acceptors (Lipinski definition) is 3. The average molecular weight is 258 g/mol. The molecule has 0 rings (SSSR count). The molecular weight excluding hydrogens is 228 g/mol. The van der Waals surface area contributed by atoms with Crippen molar-refractivity contribution in [2.24, 2.45) is 5.92 Å². The molecule has 0 aromatic carbocycles. The Morgan fingerprint density at radius 3 is 2.33 bits per heavy atom. The Kier molecular flexibility index (Phi) is 8.00. The maximum absolute atomic E-state index is 11.4. The Hall–Kier alpha value is -0.770. The van der Waals surface area contributed by atoms with E-state index in [9.17, 15) is 4.79 Å². The Balaban J connectivity index is 3.54. The van der Waals surface area contributed by atoms with Crippen LogP contribution in [0.5, 0.6) is 0 Å². The van der Waals surface area contributed by atoms with Crippen LogP contribution in [0.3, 0.4) is 0 Å². The summed E-state index contributed by atoms with van der Waals surface area (Å²) in [5.41, 5.74) is -0.423. The van der Waals surface area contributed by atoms with Crippen molar-refractivity contribution < 1.29 is 9.53 Å². The van der Waals surface area contributed by atoms with Crippen LogP contribution in [0.1, 0.15) is 54.4 Å². The van der Waals surface area contributed by atoms with Gasteiger partial charge in [-0.25, -0.2) is 4.79 Å². The minimum atomic E-state index is -0.423. The van der Waals surface area contributed by atoms with Crippen molar-refractivity contribution in [1.82, 2.24) is 10.6 Å². The molecule has 0 heterocycles. The van der Waals surface area contributed by atoms with Gasteiger partial charge < -0.3 is 15.4 Å². The van der Waals surface area contributed by atoms with Crippen molar-refractivity contribution in [2.75, 3.05) is 13.1 Å². The average Bonchev–Trinajstić information content (AvgIpc) is 2.24. The molecule has 4 heteroatoms. The Morgan fingerprint density at radius 2 is 1.83 bits per heavy atom. The summed E-state index contributed by atoms with van der Waals surface area (Å²) in [4.78, 5) is 11.4. The zero-order valence-electron chi connectivity index (χ0n) is 12.8. The van der Waals surface area contributed by atoms with Crippen LogP contribution in [0.4, 0.5) is 4.79 Å². The highest BCUT2D eigenvalue weighted by Gasteiger charge is 2.15. The van der Waals surface area contributed by atoms with E-state index in [1.54, 1.807) is 0 Å². The number of carbonyl (C=O) groups excluding carboxylic acids is 1. The van der Waals surface area contributed by atoms with Gasteiger partial charge in [-0.15, -0.1) is 0 Å². The van der Waals surface area contributed by atoms with Crippen LogP contribution in [0.15, 0.2) is 0 Å². The molecule has 2 atom stereocenters. The van der Waals surface area contributed by atoms with Crippen LogP contribution in [0, 0.1) is 5.92 Å². The standard InChI is InChI=1S/C14H30N2O2/c1-7-11(2)12(3)15-9-8-10-16-13(17)18-14(4,5)6/h11-12,15H,7-10H2,1-6H3,(H,16,17). The lowest BCUT2D eigenvalue weighted by molar-refractivity contribution is 0.0527. The maximum Gasteiger partial charge on any atom is 0.407 e. The predicted molar refractivity (Wildman–Crippen MR) is 75.8 cm³/mol. The van der Waals surface area contributed by atoms with E-state index in [1.807, 2.05) is 20.8 Å². The van der Waals surface area contributed by atoms with Gasteiger partial charge in [-0.3, -0.25) is 0 Å². The van der Waals surface area contributed by atoms with E-state index in [4.69, 9.17) is 4.74 Å². The molecular formula is C14H30N2O2. The first-order valence-electron chi connectivity index (χ1n) is 6.96. The fourth-order valence-electron chi connectivity index (χ4n) is 1.48. The molecule has 0 aliphatic heterocycles. The van der Waals surface area contributed by atoms with E-state index in [-0.39, 0.29) is 6.09 Å². The SMILES string of the molecule is CCC(C)C(C)NCCCNC(=O)OC(C)(C)C. The minimum absolute atomic E-state index is 0.336. The number of ether oxygens (including phenoxy) is 1. The highest BCUT2D eigenvalue weighted by molar-refractivity contribution is 5.67. The summed E-state index contributed by atoms with van der Waals surface area (Å²) in [7, 11) is 0. The second kappa shape index (κ2) is 8.35. The zero-order valence-corrected chi connectivity index (χ0v) is 12.8. The van der Waals surface area contributed by atoms with Crippen LogP contribution in [-0.2, 0) is 4.74 Å². The van der Waals surface area contributed by atoms with Crippen molar-refractivity contribution in [2.45, 2.75) is 66.0 Å². The highest BCUT2D eigenvalue weighted by Crippen LogP contribution is 2.07. The molecule has 0 bridgehead atoms. The largest absolute Gasteiger partial charge is 0.444 e. The molecule has 108 valence electrons. The normalized spacial score (nSPS) is 15.0. The predicted octanol–water partition coefficient (Wildman–Crippen LogP) is 2.93. The molecule has 2 N–H and O–H groups in total. The number of hydrogen-bond donors (Lipinski definition) is 2. The van der Waals surface area contributed by atoms with Crippen molar-refractivity contribution in [3.63, 3.8) is 0 Å². The number of amides is 1. The van der Waals surface area contributed by atoms with E-state index in [0.29, 0.717) is 18.5 Å². The number of nitrogens with one attached hydrogen (secondary N) is 2. The third-order valence-electron chi connectivity index (χ3n) is 2.99. The van der Waals surface area contributed by atoms with Crippen LogP contribution >= 0.6 is 0 Å². The van der Waals surface area contributed by atoms with Gasteiger partial charge in [-0.1, -0.05) is 20.3 Å². The number of rotatable bonds is 7. The summed E-state index contributed by atoms with van der Waals surface area (Å²) in [6.07, 6.45) is 1.77. The van der Waals surface area contributed by atoms with Gasteiger partial charge >= 0.3 is 6.09 Å². The van der Waals surface area contributed by atoms with Gasteiger partial charge in [0.05, 0.1) is 0 Å². The Morgan fingerprint density at radius 1 is 1.22 bits per heavy atom. The summed E-state index contributed by atoms with van der Waals surface area (Å²) >= 11 is 0. The lowest BCUT2D eigenvalue weighted by Crippen LogP contribution is -2.36. The topological polar surface area (TPSA) is 50.4 Å². The zero-order chi connectivity index (χ0) is 14.2. The molecule has 0 saturated heterocycles. The van der Waals surface area contributed by atoms with Gasteiger partial charge in [0.15, 0.2) is 0 Å². The van der Waals surface area contributed by atoms with Gasteiger partial charge in [-0.2, -0.15) is 0 Å². The molecule has 0 radical (unpaired) electrons. The first kappa shape index (κ1) is 17.2. The second-order valence-electron chi connectivity index (χ2n) is 5.91. The quantitative estimate of drug-likeness (QED) is 0.690. The van der Waals surface area contributed by atoms with E-state index in [0.717, 1.165) is 13.0 Å². The molecule has 0 spiro atoms. The number of alkyl carbamates (subject to hydrolysis) is 1. The Labute approximate surface area is 112 Å². The van der Waals surface area contributed by atoms with Crippen molar-refractivity contribution in [3.05, 3.63) is 0 Å². The van der Waals surface area contributed by atoms with E-state index in [2.05, 4.69) is 31.4 Å². The van der Waals surface area contributed by atoms with Gasteiger partial charge in [0, 0.05) is 12.6 Å². The first-order valence-corrected chi connectivity index (χ1v) is 6.96. The molecule has 0 aliphatic rings. The molecule has 4 nitrogen and oxygen atoms in total. The highest BCUT2D eigenvalue weighted by atomic mass is 16.6. The van der Waals surface area contributed by atoms with Crippen molar-refractivity contribution >= 4 is 6.09 Å². The van der Waals surface area contributed by atoms with Crippen LogP contribution < -0.4 is 10.6 Å². The minimum Gasteiger partial charge on any atom is -0.444 e. The van der Waals surface area contributed by atoms with E-state index < -0.39 is 5.60 Å². The van der Waals surface area contributed by atoms with Crippen LogP contribution in [-0.4, -0.2) is 30.8 Å². The molecule has 0 aliphatic carbocycles. The van der Waals surface area contributed by atoms with Crippen LogP contribution in [0.2, 0.25) is 0 Å². The summed E-state index contributed by atoms with van der Waals surface area (Å²) in [6, 6.07) is 0.525. The molecule has 2 unspecified atom stereocenters. The van der Waals surface area contributed by atoms with Crippen LogP contribution in [0.25, 0.3) is 0 Å². The summed E-state index contributed by atoms with van der Waals surface area (Å²) in [6.45, 7) is 13.8. The van der Waals surface area contributed by atoms with Gasteiger partial charge in [0.1, 0.15) is 5.60 Å². The molecule has 18 heavy (non-hydrogen) atoms. The Bertz CT molecular complexity index is 236. The van der Waals surface area contributed by atoms with E-state index in [1.165, 1.54) is 6.42 Å². The molecule has 0 fully saturated rings. The summed E-state index contributed by atoms with van der Waals surface area (Å²) in [5, 5.41) is 6.22. The summed E-state index contributed by atoms with van der Waals surface area (Å²) < 4.78 is 5.15.